The van der Waals surface area contributed by atoms with Gasteiger partial charge in [-0.25, -0.2) is 4.79 Å². The van der Waals surface area contributed by atoms with E-state index in [1.165, 1.54) is 14.2 Å². The van der Waals surface area contributed by atoms with Gasteiger partial charge in [0.05, 0.1) is 13.2 Å². The predicted molar refractivity (Wildman–Crippen MR) is 73.7 cm³/mol. The molecule has 5 heteroatoms. The van der Waals surface area contributed by atoms with Crippen LogP contribution >= 0.6 is 0 Å². The lowest BCUT2D eigenvalue weighted by Gasteiger charge is -2.13. The fourth-order valence-corrected chi connectivity index (χ4v) is 1.50. The van der Waals surface area contributed by atoms with Gasteiger partial charge >= 0.3 is 5.97 Å². The highest BCUT2D eigenvalue weighted by molar-refractivity contribution is 6.01. The van der Waals surface area contributed by atoms with Crippen molar-refractivity contribution in [3.63, 3.8) is 0 Å². The number of hydrogen-bond donors (Lipinski definition) is 2. The molecule has 5 nitrogen and oxygen atoms in total. The van der Waals surface area contributed by atoms with Crippen LogP contribution in [0.3, 0.4) is 0 Å². The Labute approximate surface area is 112 Å². The summed E-state index contributed by atoms with van der Waals surface area (Å²) in [4.78, 5) is 23.0. The topological polar surface area (TPSA) is 67.4 Å². The van der Waals surface area contributed by atoms with Gasteiger partial charge in [-0.2, -0.15) is 0 Å². The van der Waals surface area contributed by atoms with Crippen LogP contribution in [0.4, 0.5) is 5.69 Å². The number of carbonyl (C=O) groups excluding carboxylic acids is 2. The Morgan fingerprint density at radius 1 is 1.26 bits per heavy atom. The number of amides is 1. The molecule has 1 amide bonds. The van der Waals surface area contributed by atoms with Crippen LogP contribution < -0.4 is 10.6 Å². The van der Waals surface area contributed by atoms with Gasteiger partial charge in [0, 0.05) is 12.7 Å². The Hall–Kier alpha value is -2.30. The van der Waals surface area contributed by atoms with Crippen molar-refractivity contribution < 1.29 is 14.3 Å². The smallest absolute Gasteiger partial charge is 0.332 e. The predicted octanol–water partition coefficient (Wildman–Crippen LogP) is 1.52. The summed E-state index contributed by atoms with van der Waals surface area (Å²) in [5.74, 6) is -0.970. The Morgan fingerprint density at radius 3 is 2.53 bits per heavy atom. The molecule has 0 aromatic heterocycles. The zero-order valence-electron chi connectivity index (χ0n) is 11.5. The normalized spacial score (nSPS) is 10.8. The van der Waals surface area contributed by atoms with Crippen molar-refractivity contribution in [2.24, 2.45) is 0 Å². The van der Waals surface area contributed by atoms with Crippen molar-refractivity contribution in [2.45, 2.75) is 13.8 Å². The molecule has 0 saturated heterocycles. The number of carbonyl (C=O) groups is 2. The van der Waals surface area contributed by atoms with Crippen LogP contribution in [0.1, 0.15) is 11.1 Å². The molecule has 1 rings (SSSR count). The minimum absolute atomic E-state index is 0.142. The SMILES string of the molecule is CNC(=O)/C(=C/C(=O)OC)Nc1cccc(C)c1C. The Balaban J connectivity index is 3.08. The number of methoxy groups -OCH3 is 1. The van der Waals surface area contributed by atoms with E-state index in [0.29, 0.717) is 0 Å². The number of nitrogens with one attached hydrogen (secondary N) is 2. The lowest BCUT2D eigenvalue weighted by atomic mass is 10.1. The quantitative estimate of drug-likeness (QED) is 0.637. The van der Waals surface area contributed by atoms with E-state index >= 15 is 0 Å². The fourth-order valence-electron chi connectivity index (χ4n) is 1.50. The molecule has 0 aliphatic carbocycles. The molecule has 2 N–H and O–H groups in total. The molecule has 0 heterocycles. The molecular formula is C14H18N2O3. The minimum atomic E-state index is -0.587. The molecule has 0 atom stereocenters. The number of likely N-dealkylation sites (N-methyl/N-ethyl adjacent to an activating group) is 1. The zero-order valence-corrected chi connectivity index (χ0v) is 11.5. The van der Waals surface area contributed by atoms with Crippen LogP contribution in [-0.2, 0) is 14.3 Å². The third-order valence-electron chi connectivity index (χ3n) is 2.81. The number of anilines is 1. The molecule has 19 heavy (non-hydrogen) atoms. The standard InChI is InChI=1S/C14H18N2O3/c1-9-6-5-7-11(10(9)2)16-12(14(18)15-3)8-13(17)19-4/h5-8,16H,1-4H3,(H,15,18)/b12-8-. The highest BCUT2D eigenvalue weighted by Crippen LogP contribution is 2.19. The van der Waals surface area contributed by atoms with Crippen molar-refractivity contribution in [3.05, 3.63) is 41.1 Å². The van der Waals surface area contributed by atoms with Gasteiger partial charge in [0.15, 0.2) is 0 Å². The molecule has 0 spiro atoms. The number of hydrogen-bond acceptors (Lipinski definition) is 4. The summed E-state index contributed by atoms with van der Waals surface area (Å²) < 4.78 is 4.53. The second-order valence-electron chi connectivity index (χ2n) is 4.03. The minimum Gasteiger partial charge on any atom is -0.466 e. The summed E-state index contributed by atoms with van der Waals surface area (Å²) in [6.45, 7) is 3.92. The second-order valence-corrected chi connectivity index (χ2v) is 4.03. The summed E-state index contributed by atoms with van der Waals surface area (Å²) in [6, 6.07) is 5.70. The number of aryl methyl sites for hydroxylation is 1. The fraction of sp³-hybridized carbons (Fsp3) is 0.286. The van der Waals surface area contributed by atoms with Crippen molar-refractivity contribution in [1.82, 2.24) is 5.32 Å². The van der Waals surface area contributed by atoms with Crippen LogP contribution in [0.25, 0.3) is 0 Å². The van der Waals surface area contributed by atoms with Gasteiger partial charge in [0.2, 0.25) is 0 Å². The average Bonchev–Trinajstić information content (AvgIpc) is 2.41. The molecule has 0 aliphatic heterocycles. The summed E-state index contributed by atoms with van der Waals surface area (Å²) in [5, 5.41) is 5.42. The summed E-state index contributed by atoms with van der Waals surface area (Å²) >= 11 is 0. The molecule has 0 radical (unpaired) electrons. The van der Waals surface area contributed by atoms with Crippen molar-refractivity contribution in [3.8, 4) is 0 Å². The third-order valence-corrected chi connectivity index (χ3v) is 2.81. The highest BCUT2D eigenvalue weighted by Gasteiger charge is 2.12. The van der Waals surface area contributed by atoms with E-state index in [2.05, 4.69) is 15.4 Å². The average molecular weight is 262 g/mol. The molecule has 1 aromatic carbocycles. The maximum atomic E-state index is 11.7. The zero-order chi connectivity index (χ0) is 14.4. The van der Waals surface area contributed by atoms with E-state index in [9.17, 15) is 9.59 Å². The van der Waals surface area contributed by atoms with E-state index < -0.39 is 5.97 Å². The Morgan fingerprint density at radius 2 is 1.95 bits per heavy atom. The van der Waals surface area contributed by atoms with Crippen LogP contribution in [0.5, 0.6) is 0 Å². The first-order chi connectivity index (χ1) is 8.99. The number of esters is 1. The summed E-state index contributed by atoms with van der Waals surface area (Å²) in [6.07, 6.45) is 1.13. The van der Waals surface area contributed by atoms with E-state index in [4.69, 9.17) is 0 Å². The Bertz CT molecular complexity index is 521. The van der Waals surface area contributed by atoms with Crippen LogP contribution in [0.15, 0.2) is 30.0 Å². The lowest BCUT2D eigenvalue weighted by molar-refractivity contribution is -0.135. The number of benzene rings is 1. The van der Waals surface area contributed by atoms with Gasteiger partial charge in [-0.15, -0.1) is 0 Å². The van der Waals surface area contributed by atoms with Gasteiger partial charge in [-0.1, -0.05) is 12.1 Å². The maximum absolute atomic E-state index is 11.7. The van der Waals surface area contributed by atoms with E-state index in [-0.39, 0.29) is 11.6 Å². The lowest BCUT2D eigenvalue weighted by Crippen LogP contribution is -2.25. The van der Waals surface area contributed by atoms with Gasteiger partial charge in [-0.05, 0) is 31.0 Å². The molecule has 1 aromatic rings. The Kier molecular flexibility index (Phi) is 5.11. The van der Waals surface area contributed by atoms with E-state index in [1.807, 2.05) is 32.0 Å². The third kappa shape index (κ3) is 3.84. The molecule has 0 saturated carbocycles. The first kappa shape index (κ1) is 14.8. The molecular weight excluding hydrogens is 244 g/mol. The van der Waals surface area contributed by atoms with Gasteiger partial charge in [-0.3, -0.25) is 4.79 Å². The molecule has 0 unspecified atom stereocenters. The largest absolute Gasteiger partial charge is 0.466 e. The first-order valence-corrected chi connectivity index (χ1v) is 5.84. The van der Waals surface area contributed by atoms with Gasteiger partial charge in [0.1, 0.15) is 5.70 Å². The molecule has 102 valence electrons. The monoisotopic (exact) mass is 262 g/mol. The first-order valence-electron chi connectivity index (χ1n) is 5.84. The summed E-state index contributed by atoms with van der Waals surface area (Å²) in [7, 11) is 2.76. The molecule has 0 fully saturated rings. The summed E-state index contributed by atoms with van der Waals surface area (Å²) in [5.41, 5.74) is 3.03. The highest BCUT2D eigenvalue weighted by atomic mass is 16.5. The van der Waals surface area contributed by atoms with E-state index in [0.717, 1.165) is 22.9 Å². The number of ether oxygens (including phenoxy) is 1. The van der Waals surface area contributed by atoms with E-state index in [1.54, 1.807) is 0 Å². The van der Waals surface area contributed by atoms with Crippen LogP contribution in [-0.4, -0.2) is 26.0 Å². The van der Waals surface area contributed by atoms with Crippen molar-refractivity contribution in [1.29, 1.82) is 0 Å². The second kappa shape index (κ2) is 6.58. The molecule has 0 aliphatic rings. The van der Waals surface area contributed by atoms with Crippen molar-refractivity contribution in [2.75, 3.05) is 19.5 Å². The number of rotatable bonds is 4. The van der Waals surface area contributed by atoms with Crippen molar-refractivity contribution >= 4 is 17.6 Å². The van der Waals surface area contributed by atoms with Crippen LogP contribution in [0.2, 0.25) is 0 Å². The van der Waals surface area contributed by atoms with Crippen LogP contribution in [0, 0.1) is 13.8 Å². The molecule has 0 bridgehead atoms. The van der Waals surface area contributed by atoms with Gasteiger partial charge < -0.3 is 15.4 Å². The maximum Gasteiger partial charge on any atom is 0.332 e. The van der Waals surface area contributed by atoms with Gasteiger partial charge in [0.25, 0.3) is 5.91 Å².